The number of benzene rings is 1. The molecule has 1 aromatic rings. The molecule has 1 aliphatic rings. The van der Waals surface area contributed by atoms with Crippen LogP contribution in [0, 0.1) is 0 Å². The van der Waals surface area contributed by atoms with Gasteiger partial charge in [-0.15, -0.1) is 0 Å². The van der Waals surface area contributed by atoms with Crippen LogP contribution in [0.2, 0.25) is 0 Å². The number of methoxy groups -OCH3 is 1. The lowest BCUT2D eigenvalue weighted by Crippen LogP contribution is -2.35. The molecular weight excluding hydrogens is 446 g/mol. The van der Waals surface area contributed by atoms with E-state index < -0.39 is 20.4 Å². The molecule has 1 aromatic carbocycles. The zero-order chi connectivity index (χ0) is 14.0. The Labute approximate surface area is 136 Å². The molecule has 1 saturated heterocycles. The molecule has 1 fully saturated rings. The monoisotopic (exact) mass is 455 g/mol. The van der Waals surface area contributed by atoms with Crippen molar-refractivity contribution in [2.24, 2.45) is 0 Å². The van der Waals surface area contributed by atoms with Crippen molar-refractivity contribution in [3.8, 4) is 0 Å². The number of hydrogen-bond donors (Lipinski definition) is 1. The lowest BCUT2D eigenvalue weighted by atomic mass is 10.0. The smallest absolute Gasteiger partial charge is 0.337 e. The summed E-state index contributed by atoms with van der Waals surface area (Å²) in [5.41, 5.74) is 0.970. The molecule has 4 nitrogen and oxygen atoms in total. The van der Waals surface area contributed by atoms with Gasteiger partial charge in [0.15, 0.2) is 8.25 Å². The van der Waals surface area contributed by atoms with Gasteiger partial charge in [0.2, 0.25) is 0 Å². The van der Waals surface area contributed by atoms with Crippen molar-refractivity contribution >= 4 is 53.8 Å². The number of rotatable bonds is 2. The molecule has 0 aliphatic carbocycles. The summed E-state index contributed by atoms with van der Waals surface area (Å²) < 4.78 is 9.87. The van der Waals surface area contributed by atoms with E-state index in [2.05, 4.69) is 53.1 Å². The van der Waals surface area contributed by atoms with Crippen LogP contribution in [-0.2, 0) is 14.3 Å². The highest BCUT2D eigenvalue weighted by molar-refractivity contribution is 9.39. The van der Waals surface area contributed by atoms with Crippen LogP contribution in [0.25, 0.3) is 0 Å². The van der Waals surface area contributed by atoms with Crippen molar-refractivity contribution in [1.82, 2.24) is 5.32 Å². The largest absolute Gasteiger partial charge is 0.467 e. The second-order valence-electron chi connectivity index (χ2n) is 4.06. The number of hydrogen-bond acceptors (Lipinski definition) is 4. The molecule has 0 spiro atoms. The molecule has 0 amide bonds. The van der Waals surface area contributed by atoms with Gasteiger partial charge in [-0.25, -0.2) is 4.79 Å². The topological polar surface area (TPSA) is 47.6 Å². The average molecular weight is 458 g/mol. The molecule has 1 heterocycles. The SMILES string of the molecule is COC(=O)[C@@H]1OC(C(Br)(Br)Br)N[C@H]1c1ccccc1. The maximum Gasteiger partial charge on any atom is 0.337 e. The van der Waals surface area contributed by atoms with Crippen LogP contribution in [0.3, 0.4) is 0 Å². The Morgan fingerprint density at radius 1 is 1.32 bits per heavy atom. The van der Waals surface area contributed by atoms with Gasteiger partial charge < -0.3 is 9.47 Å². The van der Waals surface area contributed by atoms with E-state index in [1.165, 1.54) is 7.11 Å². The van der Waals surface area contributed by atoms with E-state index in [1.807, 2.05) is 30.3 Å². The highest BCUT2D eigenvalue weighted by atomic mass is 80.0. The van der Waals surface area contributed by atoms with Crippen LogP contribution in [0.15, 0.2) is 30.3 Å². The third-order valence-corrected chi connectivity index (χ3v) is 4.05. The van der Waals surface area contributed by atoms with E-state index in [9.17, 15) is 4.79 Å². The van der Waals surface area contributed by atoms with E-state index in [1.54, 1.807) is 0 Å². The minimum Gasteiger partial charge on any atom is -0.467 e. The summed E-state index contributed by atoms with van der Waals surface area (Å²) in [5.74, 6) is -0.402. The summed E-state index contributed by atoms with van der Waals surface area (Å²) >= 11 is 10.2. The summed E-state index contributed by atoms with van der Waals surface area (Å²) in [6.45, 7) is 0. The highest BCUT2D eigenvalue weighted by Gasteiger charge is 2.47. The Morgan fingerprint density at radius 3 is 2.47 bits per heavy atom. The molecule has 0 aromatic heterocycles. The molecule has 0 radical (unpaired) electrons. The second kappa shape index (κ2) is 6.22. The zero-order valence-corrected chi connectivity index (χ0v) is 14.7. The van der Waals surface area contributed by atoms with Crippen molar-refractivity contribution in [2.45, 2.75) is 20.5 Å². The Balaban J connectivity index is 2.27. The maximum absolute atomic E-state index is 11.8. The molecule has 3 atom stereocenters. The van der Waals surface area contributed by atoms with E-state index in [-0.39, 0.29) is 6.04 Å². The van der Waals surface area contributed by atoms with Gasteiger partial charge in [0.25, 0.3) is 0 Å². The molecule has 0 bridgehead atoms. The Kier molecular flexibility index (Phi) is 5.05. The van der Waals surface area contributed by atoms with Crippen molar-refractivity contribution in [3.63, 3.8) is 0 Å². The molecule has 2 rings (SSSR count). The Morgan fingerprint density at radius 2 is 1.95 bits per heavy atom. The molecule has 0 saturated carbocycles. The third kappa shape index (κ3) is 3.58. The fourth-order valence-corrected chi connectivity index (χ4v) is 2.65. The van der Waals surface area contributed by atoms with E-state index >= 15 is 0 Å². The summed E-state index contributed by atoms with van der Waals surface area (Å²) in [6.07, 6.45) is -1.12. The first kappa shape index (κ1) is 15.4. The van der Waals surface area contributed by atoms with Gasteiger partial charge in [0.05, 0.1) is 13.2 Å². The summed E-state index contributed by atoms with van der Waals surface area (Å²) in [4.78, 5) is 11.8. The molecule has 7 heteroatoms. The maximum atomic E-state index is 11.8. The minimum atomic E-state index is -0.690. The van der Waals surface area contributed by atoms with Crippen molar-refractivity contribution < 1.29 is 14.3 Å². The van der Waals surface area contributed by atoms with Crippen LogP contribution < -0.4 is 5.32 Å². The number of halogens is 3. The fraction of sp³-hybridized carbons (Fsp3) is 0.417. The van der Waals surface area contributed by atoms with Crippen LogP contribution in [-0.4, -0.2) is 27.6 Å². The van der Waals surface area contributed by atoms with Crippen LogP contribution in [0.4, 0.5) is 0 Å². The predicted molar refractivity (Wildman–Crippen MR) is 82.5 cm³/mol. The predicted octanol–water partition coefficient (Wildman–Crippen LogP) is 3.05. The Bertz CT molecular complexity index is 449. The molecule has 104 valence electrons. The molecule has 1 aliphatic heterocycles. The number of alkyl halides is 3. The van der Waals surface area contributed by atoms with Crippen LogP contribution >= 0.6 is 47.8 Å². The lowest BCUT2D eigenvalue weighted by molar-refractivity contribution is -0.153. The number of ether oxygens (including phenoxy) is 2. The van der Waals surface area contributed by atoms with Crippen LogP contribution in [0.5, 0.6) is 0 Å². The van der Waals surface area contributed by atoms with Crippen molar-refractivity contribution in [2.75, 3.05) is 7.11 Å². The average Bonchev–Trinajstić information content (AvgIpc) is 2.83. The first-order valence-electron chi connectivity index (χ1n) is 5.54. The third-order valence-electron chi connectivity index (χ3n) is 2.81. The number of carbonyl (C=O) groups excluding carboxylic acids is 1. The first-order chi connectivity index (χ1) is 8.93. The molecule has 1 N–H and O–H groups in total. The molecule has 1 unspecified atom stereocenters. The van der Waals surface area contributed by atoms with E-state index in [4.69, 9.17) is 9.47 Å². The zero-order valence-electron chi connectivity index (χ0n) is 9.98. The van der Waals surface area contributed by atoms with Gasteiger partial charge in [-0.1, -0.05) is 78.1 Å². The van der Waals surface area contributed by atoms with Crippen LogP contribution in [0.1, 0.15) is 11.6 Å². The molecular formula is C12H12Br3NO3. The number of esters is 1. The first-order valence-corrected chi connectivity index (χ1v) is 7.92. The van der Waals surface area contributed by atoms with E-state index in [0.717, 1.165) is 5.56 Å². The van der Waals surface area contributed by atoms with Gasteiger partial charge in [-0.05, 0) is 5.56 Å². The quantitative estimate of drug-likeness (QED) is 0.548. The second-order valence-corrected chi connectivity index (χ2v) is 11.0. The summed E-state index contributed by atoms with van der Waals surface area (Å²) in [5, 5.41) is 3.25. The molecule has 19 heavy (non-hydrogen) atoms. The summed E-state index contributed by atoms with van der Waals surface area (Å²) in [6, 6.07) is 9.39. The van der Waals surface area contributed by atoms with E-state index in [0.29, 0.717) is 0 Å². The normalized spacial score (nSPS) is 27.3. The fourth-order valence-electron chi connectivity index (χ4n) is 1.93. The van der Waals surface area contributed by atoms with Gasteiger partial charge >= 0.3 is 5.97 Å². The van der Waals surface area contributed by atoms with Gasteiger partial charge in [-0.3, -0.25) is 5.32 Å². The standard InChI is InChI=1S/C12H12Br3NO3/c1-18-10(17)9-8(7-5-3-2-4-6-7)16-11(19-9)12(13,14)15/h2-6,8-9,11,16H,1H3/t8-,9+,11?/m0/s1. The highest BCUT2D eigenvalue weighted by Crippen LogP contribution is 2.43. The van der Waals surface area contributed by atoms with Gasteiger partial charge in [0, 0.05) is 0 Å². The lowest BCUT2D eigenvalue weighted by Gasteiger charge is -2.20. The van der Waals surface area contributed by atoms with Crippen molar-refractivity contribution in [3.05, 3.63) is 35.9 Å². The number of nitrogens with one attached hydrogen (secondary N) is 1. The Hall–Kier alpha value is 0.0500. The van der Waals surface area contributed by atoms with Gasteiger partial charge in [-0.2, -0.15) is 0 Å². The number of carbonyl (C=O) groups is 1. The van der Waals surface area contributed by atoms with Gasteiger partial charge in [0.1, 0.15) is 6.23 Å². The van der Waals surface area contributed by atoms with Crippen molar-refractivity contribution in [1.29, 1.82) is 0 Å². The minimum absolute atomic E-state index is 0.259. The summed E-state index contributed by atoms with van der Waals surface area (Å²) in [7, 11) is 1.35.